The molecule has 2 heterocycles. The van der Waals surface area contributed by atoms with Crippen LogP contribution < -0.4 is 5.32 Å². The molecule has 3 aliphatic rings. The molecule has 0 aromatic rings. The molecule has 0 bridgehead atoms. The Balaban J connectivity index is 1.70. The minimum absolute atomic E-state index is 0.0762. The van der Waals surface area contributed by atoms with Crippen molar-refractivity contribution in [1.82, 2.24) is 15.1 Å². The van der Waals surface area contributed by atoms with Gasteiger partial charge in [-0.15, -0.1) is 0 Å². The summed E-state index contributed by atoms with van der Waals surface area (Å²) >= 11 is 0. The molecule has 1 saturated carbocycles. The Morgan fingerprint density at radius 1 is 1.19 bits per heavy atom. The van der Waals surface area contributed by atoms with Crippen molar-refractivity contribution in [3.63, 3.8) is 0 Å². The molecule has 21 heavy (non-hydrogen) atoms. The second-order valence-electron chi connectivity index (χ2n) is 7.26. The van der Waals surface area contributed by atoms with E-state index in [2.05, 4.69) is 29.1 Å². The van der Waals surface area contributed by atoms with Crippen molar-refractivity contribution in [3.8, 4) is 0 Å². The van der Waals surface area contributed by atoms with Crippen LogP contribution in [0.4, 0.5) is 0 Å². The van der Waals surface area contributed by atoms with Gasteiger partial charge in [-0.3, -0.25) is 10.1 Å². The molecule has 4 nitrogen and oxygen atoms in total. The quantitative estimate of drug-likeness (QED) is 0.844. The lowest BCUT2D eigenvalue weighted by atomic mass is 10.0. The van der Waals surface area contributed by atoms with Crippen LogP contribution in [0.3, 0.4) is 0 Å². The third kappa shape index (κ3) is 3.11. The van der Waals surface area contributed by atoms with Crippen molar-refractivity contribution in [2.75, 3.05) is 20.1 Å². The highest BCUT2D eigenvalue weighted by Crippen LogP contribution is 2.33. The number of nitrogens with one attached hydrogen (secondary N) is 1. The van der Waals surface area contributed by atoms with Gasteiger partial charge in [0, 0.05) is 12.6 Å². The summed E-state index contributed by atoms with van der Waals surface area (Å²) in [5.41, 5.74) is 0. The highest BCUT2D eigenvalue weighted by molar-refractivity contribution is 5.84. The van der Waals surface area contributed by atoms with Crippen molar-refractivity contribution < 1.29 is 4.79 Å². The Bertz CT molecular complexity index is 367. The Hall–Kier alpha value is -0.610. The fourth-order valence-electron chi connectivity index (χ4n) is 4.50. The van der Waals surface area contributed by atoms with Crippen molar-refractivity contribution in [2.45, 2.75) is 76.5 Å². The summed E-state index contributed by atoms with van der Waals surface area (Å²) in [5, 5.41) is 3.68. The summed E-state index contributed by atoms with van der Waals surface area (Å²) in [6.07, 6.45) is 10.2. The van der Waals surface area contributed by atoms with Gasteiger partial charge in [0.1, 0.15) is 0 Å². The van der Waals surface area contributed by atoms with Crippen LogP contribution in [0.15, 0.2) is 0 Å². The van der Waals surface area contributed by atoms with Crippen molar-refractivity contribution in [1.29, 1.82) is 0 Å². The molecular formula is C17H31N3O. The van der Waals surface area contributed by atoms with Crippen LogP contribution in [-0.2, 0) is 4.79 Å². The maximum absolute atomic E-state index is 12.8. The van der Waals surface area contributed by atoms with Crippen LogP contribution in [0.2, 0.25) is 0 Å². The zero-order chi connectivity index (χ0) is 14.8. The molecule has 2 aliphatic heterocycles. The Morgan fingerprint density at radius 3 is 2.57 bits per heavy atom. The standard InChI is InChI=1S/C17H31N3O/c1-3-7-15-17(21)20(12-14-10-6-11-19(14)2)16(18-15)13-8-4-5-9-13/h13-16,18H,3-12H2,1-2H3. The van der Waals surface area contributed by atoms with Gasteiger partial charge in [0.05, 0.1) is 12.2 Å². The first-order chi connectivity index (χ1) is 10.2. The summed E-state index contributed by atoms with van der Waals surface area (Å²) in [4.78, 5) is 17.4. The van der Waals surface area contributed by atoms with Gasteiger partial charge in [-0.2, -0.15) is 0 Å². The molecule has 0 radical (unpaired) electrons. The Morgan fingerprint density at radius 2 is 1.95 bits per heavy atom. The maximum atomic E-state index is 12.8. The number of likely N-dealkylation sites (N-methyl/N-ethyl adjacent to an activating group) is 1. The van der Waals surface area contributed by atoms with Gasteiger partial charge in [0.15, 0.2) is 0 Å². The molecular weight excluding hydrogens is 262 g/mol. The van der Waals surface area contributed by atoms with Crippen molar-refractivity contribution in [3.05, 3.63) is 0 Å². The monoisotopic (exact) mass is 293 g/mol. The van der Waals surface area contributed by atoms with Gasteiger partial charge < -0.3 is 9.80 Å². The fraction of sp³-hybridized carbons (Fsp3) is 0.941. The molecule has 3 rings (SSSR count). The average Bonchev–Trinajstić information content (AvgIpc) is 3.17. The van der Waals surface area contributed by atoms with E-state index in [0.29, 0.717) is 24.0 Å². The largest absolute Gasteiger partial charge is 0.324 e. The third-order valence-electron chi connectivity index (χ3n) is 5.79. The van der Waals surface area contributed by atoms with Crippen LogP contribution in [0.5, 0.6) is 0 Å². The van der Waals surface area contributed by atoms with E-state index in [1.807, 2.05) is 0 Å². The summed E-state index contributed by atoms with van der Waals surface area (Å²) in [5.74, 6) is 1.05. The van der Waals surface area contributed by atoms with Gasteiger partial charge >= 0.3 is 0 Å². The molecule has 4 heteroatoms. The maximum Gasteiger partial charge on any atom is 0.241 e. The van der Waals surface area contributed by atoms with E-state index in [-0.39, 0.29) is 6.04 Å². The zero-order valence-electron chi connectivity index (χ0n) is 13.7. The van der Waals surface area contributed by atoms with E-state index in [0.717, 1.165) is 19.4 Å². The molecule has 1 aliphatic carbocycles. The molecule has 1 N–H and O–H groups in total. The topological polar surface area (TPSA) is 35.6 Å². The Labute approximate surface area is 129 Å². The second-order valence-corrected chi connectivity index (χ2v) is 7.26. The zero-order valence-corrected chi connectivity index (χ0v) is 13.7. The minimum atomic E-state index is 0.0762. The number of hydrogen-bond acceptors (Lipinski definition) is 3. The average molecular weight is 293 g/mol. The molecule has 0 aromatic carbocycles. The second kappa shape index (κ2) is 6.66. The van der Waals surface area contributed by atoms with Crippen LogP contribution >= 0.6 is 0 Å². The molecule has 2 saturated heterocycles. The van der Waals surface area contributed by atoms with E-state index < -0.39 is 0 Å². The molecule has 1 amide bonds. The smallest absolute Gasteiger partial charge is 0.241 e. The lowest BCUT2D eigenvalue weighted by molar-refractivity contribution is -0.131. The van der Waals surface area contributed by atoms with E-state index in [1.165, 1.54) is 45.1 Å². The first kappa shape index (κ1) is 15.3. The molecule has 0 spiro atoms. The normalized spacial score (nSPS) is 35.2. The summed E-state index contributed by atoms with van der Waals surface area (Å²) in [7, 11) is 2.21. The van der Waals surface area contributed by atoms with E-state index >= 15 is 0 Å². The van der Waals surface area contributed by atoms with Crippen LogP contribution in [0.1, 0.15) is 58.3 Å². The fourth-order valence-corrected chi connectivity index (χ4v) is 4.50. The van der Waals surface area contributed by atoms with Gasteiger partial charge in [-0.1, -0.05) is 26.2 Å². The van der Waals surface area contributed by atoms with Crippen LogP contribution in [-0.4, -0.2) is 54.1 Å². The predicted molar refractivity (Wildman–Crippen MR) is 84.9 cm³/mol. The SMILES string of the molecule is CCCC1NC(C2CCCC2)N(CC2CCCN2C)C1=O. The van der Waals surface area contributed by atoms with E-state index in [4.69, 9.17) is 0 Å². The van der Waals surface area contributed by atoms with Crippen molar-refractivity contribution in [2.24, 2.45) is 5.92 Å². The van der Waals surface area contributed by atoms with Gasteiger partial charge in [-0.25, -0.2) is 0 Å². The number of amides is 1. The molecule has 3 fully saturated rings. The third-order valence-corrected chi connectivity index (χ3v) is 5.79. The predicted octanol–water partition coefficient (Wildman–Crippen LogP) is 2.20. The Kier molecular flexibility index (Phi) is 4.85. The number of rotatable bonds is 5. The number of carbonyl (C=O) groups excluding carboxylic acids is 1. The molecule has 0 aromatic heterocycles. The van der Waals surface area contributed by atoms with E-state index in [1.54, 1.807) is 0 Å². The summed E-state index contributed by atoms with van der Waals surface area (Å²) in [6, 6.07) is 0.646. The molecule has 3 atom stereocenters. The highest BCUT2D eigenvalue weighted by Gasteiger charge is 2.43. The first-order valence-corrected chi connectivity index (χ1v) is 8.97. The lowest BCUT2D eigenvalue weighted by Gasteiger charge is -2.33. The number of nitrogens with zero attached hydrogens (tertiary/aromatic N) is 2. The number of likely N-dealkylation sites (tertiary alicyclic amines) is 1. The number of carbonyl (C=O) groups is 1. The van der Waals surface area contributed by atoms with E-state index in [9.17, 15) is 4.79 Å². The molecule has 120 valence electrons. The first-order valence-electron chi connectivity index (χ1n) is 8.97. The van der Waals surface area contributed by atoms with Crippen LogP contribution in [0.25, 0.3) is 0 Å². The molecule has 3 unspecified atom stereocenters. The minimum Gasteiger partial charge on any atom is -0.324 e. The van der Waals surface area contributed by atoms with Gasteiger partial charge in [-0.05, 0) is 51.6 Å². The van der Waals surface area contributed by atoms with Crippen LogP contribution in [0, 0.1) is 5.92 Å². The van der Waals surface area contributed by atoms with Gasteiger partial charge in [0.2, 0.25) is 5.91 Å². The van der Waals surface area contributed by atoms with Gasteiger partial charge in [0.25, 0.3) is 0 Å². The van der Waals surface area contributed by atoms with Crippen molar-refractivity contribution >= 4 is 5.91 Å². The number of hydrogen-bond donors (Lipinski definition) is 1. The lowest BCUT2D eigenvalue weighted by Crippen LogP contribution is -2.47. The highest BCUT2D eigenvalue weighted by atomic mass is 16.2. The summed E-state index contributed by atoms with van der Waals surface area (Å²) in [6.45, 7) is 4.29. The summed E-state index contributed by atoms with van der Waals surface area (Å²) < 4.78 is 0.